The molecule has 0 amide bonds. The van der Waals surface area contributed by atoms with Crippen molar-refractivity contribution >= 4 is 11.9 Å². The lowest BCUT2D eigenvalue weighted by molar-refractivity contribution is -0.822. The predicted octanol–water partition coefficient (Wildman–Crippen LogP) is -1.48. The fraction of sp³-hybridized carbons (Fsp3) is 0.750. The minimum absolute atomic E-state index is 0.155. The molecule has 12 heteroatoms. The van der Waals surface area contributed by atoms with Crippen molar-refractivity contribution < 1.29 is 20.5 Å². The molecule has 0 spiro atoms. The maximum atomic E-state index is 10.1. The summed E-state index contributed by atoms with van der Waals surface area (Å²) in [5, 5.41) is 15.5. The van der Waals surface area contributed by atoms with Crippen molar-refractivity contribution in [1.82, 2.24) is 10.9 Å². The standard InChI is InChI=1S/C8H20N8O4/c9-7(13-15(17)18)11-5-3-1-2-4-6-12-8(10)14-16(19)20/h1-6H2,(H,17,18)(H,19,20)(H3,9,11,13)(H3,10,12,14)/q+2. The number of rotatable bonds is 9. The van der Waals surface area contributed by atoms with Gasteiger partial charge in [-0.2, -0.15) is 0 Å². The largest absolute Gasteiger partial charge is 0.365 e. The maximum absolute atomic E-state index is 10.1. The van der Waals surface area contributed by atoms with E-state index in [1.807, 2.05) is 10.9 Å². The molecule has 20 heavy (non-hydrogen) atoms. The second kappa shape index (κ2) is 10.3. The average molecular weight is 292 g/mol. The number of nitrogens with one attached hydrogen (secondary N) is 2. The van der Waals surface area contributed by atoms with Gasteiger partial charge in [-0.25, -0.2) is 20.4 Å². The van der Waals surface area contributed by atoms with Crippen LogP contribution in [0.15, 0.2) is 9.98 Å². The minimum atomic E-state index is -0.523. The molecule has 0 aromatic heterocycles. The molecule has 0 saturated heterocycles. The van der Waals surface area contributed by atoms with Gasteiger partial charge in [0.25, 0.3) is 11.9 Å². The summed E-state index contributed by atoms with van der Waals surface area (Å²) in [6, 6.07) is 0. The summed E-state index contributed by atoms with van der Waals surface area (Å²) >= 11 is 0. The quantitative estimate of drug-likeness (QED) is 0.129. The van der Waals surface area contributed by atoms with E-state index in [9.17, 15) is 9.81 Å². The highest BCUT2D eigenvalue weighted by atomic mass is 16.7. The molecular weight excluding hydrogens is 272 g/mol. The Kier molecular flexibility index (Phi) is 8.91. The van der Waals surface area contributed by atoms with Gasteiger partial charge in [-0.3, -0.25) is 0 Å². The molecule has 0 aliphatic rings. The van der Waals surface area contributed by atoms with Gasteiger partial charge in [0.1, 0.15) is 9.81 Å². The third-order valence-corrected chi connectivity index (χ3v) is 2.05. The number of guanidine groups is 2. The summed E-state index contributed by atoms with van der Waals surface area (Å²) in [6.45, 7) is 0.852. The van der Waals surface area contributed by atoms with E-state index in [1.165, 1.54) is 0 Å². The highest BCUT2D eigenvalue weighted by Crippen LogP contribution is 2.00. The topological polar surface area (TPSA) is 181 Å². The van der Waals surface area contributed by atoms with Crippen LogP contribution in [0.3, 0.4) is 0 Å². The Morgan fingerprint density at radius 2 is 1.20 bits per heavy atom. The lowest BCUT2D eigenvalue weighted by Crippen LogP contribution is -2.37. The highest BCUT2D eigenvalue weighted by molar-refractivity contribution is 5.76. The number of hydrogen-bond donors (Lipinski definition) is 6. The van der Waals surface area contributed by atoms with E-state index in [0.29, 0.717) is 13.1 Å². The highest BCUT2D eigenvalue weighted by Gasteiger charge is 2.04. The summed E-state index contributed by atoms with van der Waals surface area (Å²) in [5.74, 6) is -0.311. The van der Waals surface area contributed by atoms with E-state index in [-0.39, 0.29) is 11.9 Å². The molecule has 12 nitrogen and oxygen atoms in total. The van der Waals surface area contributed by atoms with E-state index in [4.69, 9.17) is 21.9 Å². The minimum Gasteiger partial charge on any atom is -0.365 e. The van der Waals surface area contributed by atoms with E-state index >= 15 is 0 Å². The molecule has 0 aromatic rings. The number of hydrazine groups is 2. The number of nitrogens with two attached hydrogens (primary N) is 2. The lowest BCUT2D eigenvalue weighted by atomic mass is 10.2. The maximum Gasteiger partial charge on any atom is 0.362 e. The van der Waals surface area contributed by atoms with Crippen molar-refractivity contribution in [2.75, 3.05) is 13.1 Å². The Morgan fingerprint density at radius 1 is 0.850 bits per heavy atom. The molecule has 0 rings (SSSR count). The van der Waals surface area contributed by atoms with Crippen LogP contribution in [0.4, 0.5) is 0 Å². The molecule has 0 radical (unpaired) electrons. The molecule has 0 saturated carbocycles. The van der Waals surface area contributed by atoms with Gasteiger partial charge >= 0.3 is 10.1 Å². The molecule has 0 aliphatic carbocycles. The van der Waals surface area contributed by atoms with Gasteiger partial charge in [-0.05, 0) is 23.7 Å². The SMILES string of the molecule is NC(=NCCCCCCN=C(N)N[N+](=O)O)N[N+](=O)O. The lowest BCUT2D eigenvalue weighted by Gasteiger charge is -1.98. The summed E-state index contributed by atoms with van der Waals surface area (Å²) in [7, 11) is 0. The van der Waals surface area contributed by atoms with Gasteiger partial charge in [0.2, 0.25) is 0 Å². The number of aliphatic imine (C=N–C) groups is 2. The van der Waals surface area contributed by atoms with Gasteiger partial charge < -0.3 is 11.5 Å². The Morgan fingerprint density at radius 3 is 1.50 bits per heavy atom. The summed E-state index contributed by atoms with van der Waals surface area (Å²) < 4.78 is 0. The van der Waals surface area contributed by atoms with Crippen LogP contribution in [-0.4, -0.2) is 45.5 Å². The molecule has 114 valence electrons. The van der Waals surface area contributed by atoms with Crippen LogP contribution in [0, 0.1) is 9.81 Å². The van der Waals surface area contributed by atoms with Gasteiger partial charge in [-0.1, -0.05) is 12.8 Å². The van der Waals surface area contributed by atoms with Crippen LogP contribution in [0.2, 0.25) is 0 Å². The smallest absolute Gasteiger partial charge is 0.362 e. The Hall–Kier alpha value is -2.66. The van der Waals surface area contributed by atoms with Gasteiger partial charge in [-0.15, -0.1) is 0 Å². The second-order valence-electron chi connectivity index (χ2n) is 3.72. The number of unbranched alkanes of at least 4 members (excludes halogenated alkanes) is 3. The van der Waals surface area contributed by atoms with Gasteiger partial charge in [0.15, 0.2) is 0 Å². The van der Waals surface area contributed by atoms with E-state index in [0.717, 1.165) is 25.7 Å². The first-order valence-corrected chi connectivity index (χ1v) is 5.87. The van der Waals surface area contributed by atoms with Crippen LogP contribution in [0.1, 0.15) is 25.7 Å². The van der Waals surface area contributed by atoms with Crippen molar-refractivity contribution in [2.24, 2.45) is 21.5 Å². The zero-order chi connectivity index (χ0) is 15.4. The first-order valence-electron chi connectivity index (χ1n) is 5.87. The molecule has 0 aromatic carbocycles. The Bertz CT molecular complexity index is 347. The molecule has 0 bridgehead atoms. The van der Waals surface area contributed by atoms with Gasteiger partial charge in [0, 0.05) is 13.1 Å². The summed E-state index contributed by atoms with van der Waals surface area (Å²) in [4.78, 5) is 27.8. The van der Waals surface area contributed by atoms with Crippen LogP contribution in [0.5, 0.6) is 0 Å². The zero-order valence-corrected chi connectivity index (χ0v) is 10.9. The van der Waals surface area contributed by atoms with Crippen LogP contribution < -0.4 is 22.3 Å². The molecular formula is C8H20N8O4+2. The van der Waals surface area contributed by atoms with E-state index in [1.54, 1.807) is 0 Å². The van der Waals surface area contributed by atoms with Crippen LogP contribution in [0.25, 0.3) is 0 Å². The monoisotopic (exact) mass is 292 g/mol. The average Bonchev–Trinajstić information content (AvgIpc) is 2.30. The normalized spacial score (nSPS) is 12.0. The van der Waals surface area contributed by atoms with Crippen molar-refractivity contribution in [1.29, 1.82) is 0 Å². The van der Waals surface area contributed by atoms with Crippen LogP contribution >= 0.6 is 0 Å². The number of nitrogens with zero attached hydrogens (tertiary/aromatic N) is 4. The first kappa shape index (κ1) is 17.3. The van der Waals surface area contributed by atoms with Crippen molar-refractivity contribution in [2.45, 2.75) is 25.7 Å². The number of hydrogen-bond acceptors (Lipinski definition) is 4. The molecule has 0 heterocycles. The first-order chi connectivity index (χ1) is 9.41. The van der Waals surface area contributed by atoms with Crippen molar-refractivity contribution in [3.05, 3.63) is 9.81 Å². The Labute approximate surface area is 114 Å². The van der Waals surface area contributed by atoms with Gasteiger partial charge in [0.05, 0.1) is 0 Å². The third-order valence-electron chi connectivity index (χ3n) is 2.05. The van der Waals surface area contributed by atoms with Crippen molar-refractivity contribution in [3.63, 3.8) is 0 Å². The third kappa shape index (κ3) is 11.8. The molecule has 0 fully saturated rings. The summed E-state index contributed by atoms with van der Waals surface area (Å²) in [5.41, 5.74) is 14.2. The predicted molar refractivity (Wildman–Crippen MR) is 68.5 cm³/mol. The van der Waals surface area contributed by atoms with Crippen LogP contribution in [-0.2, 0) is 0 Å². The van der Waals surface area contributed by atoms with Crippen molar-refractivity contribution in [3.8, 4) is 0 Å². The summed E-state index contributed by atoms with van der Waals surface area (Å²) in [6.07, 6.45) is 3.26. The molecule has 0 unspecified atom stereocenters. The second-order valence-corrected chi connectivity index (χ2v) is 3.72. The molecule has 8 N–H and O–H groups in total. The fourth-order valence-electron chi connectivity index (χ4n) is 1.24. The molecule has 0 atom stereocenters. The van der Waals surface area contributed by atoms with E-state index in [2.05, 4.69) is 9.98 Å². The Balaban J connectivity index is 3.54. The fourth-order valence-corrected chi connectivity index (χ4v) is 1.24. The zero-order valence-electron chi connectivity index (χ0n) is 10.9. The van der Waals surface area contributed by atoms with E-state index < -0.39 is 10.1 Å². The molecule has 0 aliphatic heterocycles.